The molecule has 0 unspecified atom stereocenters. The summed E-state index contributed by atoms with van der Waals surface area (Å²) in [5.41, 5.74) is 3.06. The van der Waals surface area contributed by atoms with Crippen molar-refractivity contribution in [3.05, 3.63) is 68.8 Å². The SMILES string of the molecule is CCc1cccc(C)c1NC(=O)[C@@H](C)OC(=O)c1ccc([N+](=O)[O-])c(C)c1. The fourth-order valence-electron chi connectivity index (χ4n) is 2.70. The molecule has 7 nitrogen and oxygen atoms in total. The third-order valence-electron chi connectivity index (χ3n) is 4.27. The van der Waals surface area contributed by atoms with Gasteiger partial charge in [0, 0.05) is 17.3 Å². The summed E-state index contributed by atoms with van der Waals surface area (Å²) in [6, 6.07) is 9.68. The number of hydrogen-bond donors (Lipinski definition) is 1. The molecule has 0 aliphatic carbocycles. The van der Waals surface area contributed by atoms with Gasteiger partial charge in [-0.1, -0.05) is 25.1 Å². The number of hydrogen-bond acceptors (Lipinski definition) is 5. The number of benzene rings is 2. The number of nitrogens with one attached hydrogen (secondary N) is 1. The number of nitro benzene ring substituents is 1. The first-order valence-corrected chi connectivity index (χ1v) is 8.60. The zero-order chi connectivity index (χ0) is 20.1. The van der Waals surface area contributed by atoms with Crippen molar-refractivity contribution in [2.45, 2.75) is 40.2 Å². The van der Waals surface area contributed by atoms with E-state index in [-0.39, 0.29) is 11.3 Å². The molecular weight excluding hydrogens is 348 g/mol. The Bertz CT molecular complexity index is 892. The minimum atomic E-state index is -1.02. The van der Waals surface area contributed by atoms with E-state index in [0.29, 0.717) is 5.56 Å². The second-order valence-corrected chi connectivity index (χ2v) is 6.26. The summed E-state index contributed by atoms with van der Waals surface area (Å²) in [4.78, 5) is 35.0. The van der Waals surface area contributed by atoms with Gasteiger partial charge in [0.1, 0.15) is 0 Å². The van der Waals surface area contributed by atoms with Crippen LogP contribution in [0.2, 0.25) is 0 Å². The van der Waals surface area contributed by atoms with E-state index in [1.54, 1.807) is 0 Å². The molecule has 142 valence electrons. The predicted molar refractivity (Wildman–Crippen MR) is 102 cm³/mol. The van der Waals surface area contributed by atoms with Crippen molar-refractivity contribution in [2.24, 2.45) is 0 Å². The number of para-hydroxylation sites is 1. The third-order valence-corrected chi connectivity index (χ3v) is 4.27. The molecule has 0 spiro atoms. The molecule has 0 fully saturated rings. The molecule has 2 rings (SSSR count). The van der Waals surface area contributed by atoms with Crippen LogP contribution in [0.15, 0.2) is 36.4 Å². The molecule has 0 saturated carbocycles. The van der Waals surface area contributed by atoms with Crippen LogP contribution < -0.4 is 5.32 Å². The molecule has 1 N–H and O–H groups in total. The van der Waals surface area contributed by atoms with Gasteiger partial charge in [-0.25, -0.2) is 4.79 Å². The highest BCUT2D eigenvalue weighted by Gasteiger charge is 2.21. The topological polar surface area (TPSA) is 98.5 Å². The van der Waals surface area contributed by atoms with Gasteiger partial charge in [-0.3, -0.25) is 14.9 Å². The van der Waals surface area contributed by atoms with Gasteiger partial charge in [-0.15, -0.1) is 0 Å². The quantitative estimate of drug-likeness (QED) is 0.471. The molecule has 0 saturated heterocycles. The highest BCUT2D eigenvalue weighted by atomic mass is 16.6. The number of anilines is 1. The highest BCUT2D eigenvalue weighted by molar-refractivity contribution is 5.98. The second kappa shape index (κ2) is 8.44. The second-order valence-electron chi connectivity index (χ2n) is 6.26. The molecule has 1 amide bonds. The summed E-state index contributed by atoms with van der Waals surface area (Å²) in [5.74, 6) is -1.15. The first kappa shape index (κ1) is 20.1. The van der Waals surface area contributed by atoms with Crippen LogP contribution in [0, 0.1) is 24.0 Å². The highest BCUT2D eigenvalue weighted by Crippen LogP contribution is 2.22. The smallest absolute Gasteiger partial charge is 0.338 e. The van der Waals surface area contributed by atoms with Crippen molar-refractivity contribution in [2.75, 3.05) is 5.32 Å². The number of esters is 1. The minimum Gasteiger partial charge on any atom is -0.449 e. The molecule has 2 aromatic carbocycles. The summed E-state index contributed by atoms with van der Waals surface area (Å²) < 4.78 is 5.22. The number of aryl methyl sites for hydroxylation is 3. The Kier molecular flexibility index (Phi) is 6.28. The molecule has 0 aromatic heterocycles. The maximum atomic E-state index is 12.4. The lowest BCUT2D eigenvalue weighted by Gasteiger charge is -2.17. The summed E-state index contributed by atoms with van der Waals surface area (Å²) in [7, 11) is 0. The van der Waals surface area contributed by atoms with Crippen molar-refractivity contribution in [1.29, 1.82) is 0 Å². The van der Waals surface area contributed by atoms with E-state index in [1.165, 1.54) is 32.0 Å². The van der Waals surface area contributed by atoms with Gasteiger partial charge >= 0.3 is 5.97 Å². The molecule has 0 radical (unpaired) electrons. The summed E-state index contributed by atoms with van der Waals surface area (Å²) in [6.07, 6.45) is -0.259. The molecule has 0 aliphatic heterocycles. The Morgan fingerprint density at radius 3 is 2.48 bits per heavy atom. The van der Waals surface area contributed by atoms with Crippen molar-refractivity contribution in [1.82, 2.24) is 0 Å². The first-order chi connectivity index (χ1) is 12.7. The lowest BCUT2D eigenvalue weighted by atomic mass is 10.1. The van der Waals surface area contributed by atoms with Crippen LogP contribution in [0.25, 0.3) is 0 Å². The van der Waals surface area contributed by atoms with Crippen LogP contribution >= 0.6 is 0 Å². The lowest BCUT2D eigenvalue weighted by molar-refractivity contribution is -0.385. The van der Waals surface area contributed by atoms with Crippen molar-refractivity contribution in [3.63, 3.8) is 0 Å². The lowest BCUT2D eigenvalue weighted by Crippen LogP contribution is -2.30. The van der Waals surface area contributed by atoms with E-state index < -0.39 is 22.9 Å². The van der Waals surface area contributed by atoms with Gasteiger partial charge in [0.05, 0.1) is 10.5 Å². The Morgan fingerprint density at radius 2 is 1.89 bits per heavy atom. The van der Waals surface area contributed by atoms with Crippen LogP contribution in [0.5, 0.6) is 0 Å². The summed E-state index contributed by atoms with van der Waals surface area (Å²) in [6.45, 7) is 6.90. The zero-order valence-corrected chi connectivity index (χ0v) is 15.7. The Balaban J connectivity index is 2.09. The number of nitrogens with zero attached hydrogens (tertiary/aromatic N) is 1. The normalized spacial score (nSPS) is 11.6. The van der Waals surface area contributed by atoms with Gasteiger partial charge in [-0.2, -0.15) is 0 Å². The maximum absolute atomic E-state index is 12.4. The van der Waals surface area contributed by atoms with Gasteiger partial charge in [0.25, 0.3) is 11.6 Å². The molecule has 1 atom stereocenters. The molecular formula is C20H22N2O5. The monoisotopic (exact) mass is 370 g/mol. The molecule has 27 heavy (non-hydrogen) atoms. The van der Waals surface area contributed by atoms with Crippen LogP contribution in [-0.4, -0.2) is 22.9 Å². The third kappa shape index (κ3) is 4.69. The summed E-state index contributed by atoms with van der Waals surface area (Å²) >= 11 is 0. The molecule has 0 aliphatic rings. The molecule has 0 bridgehead atoms. The zero-order valence-electron chi connectivity index (χ0n) is 15.7. The van der Waals surface area contributed by atoms with E-state index in [4.69, 9.17) is 4.74 Å². The van der Waals surface area contributed by atoms with Crippen LogP contribution in [0.3, 0.4) is 0 Å². The largest absolute Gasteiger partial charge is 0.449 e. The van der Waals surface area contributed by atoms with Crippen LogP contribution in [-0.2, 0) is 16.0 Å². The number of nitro groups is 1. The fraction of sp³-hybridized carbons (Fsp3) is 0.300. The van der Waals surface area contributed by atoms with Gasteiger partial charge < -0.3 is 10.1 Å². The van der Waals surface area contributed by atoms with Crippen LogP contribution in [0.4, 0.5) is 11.4 Å². The number of rotatable bonds is 6. The standard InChI is InChI=1S/C20H22N2O5/c1-5-15-8-6-7-12(2)18(15)21-19(23)14(4)27-20(24)16-9-10-17(22(25)26)13(3)11-16/h6-11,14H,5H2,1-4H3,(H,21,23)/t14-/m1/s1. The predicted octanol–water partition coefficient (Wildman–Crippen LogP) is 3.96. The average molecular weight is 370 g/mol. The number of amides is 1. The minimum absolute atomic E-state index is 0.0796. The van der Waals surface area contributed by atoms with E-state index in [1.807, 2.05) is 32.0 Å². The average Bonchev–Trinajstić information content (AvgIpc) is 2.62. The van der Waals surface area contributed by atoms with Crippen molar-refractivity contribution >= 4 is 23.3 Å². The Labute approximate surface area is 157 Å². The maximum Gasteiger partial charge on any atom is 0.338 e. The first-order valence-electron chi connectivity index (χ1n) is 8.60. The number of carbonyl (C=O) groups excluding carboxylic acids is 2. The van der Waals surface area contributed by atoms with Crippen molar-refractivity contribution < 1.29 is 19.2 Å². The molecule has 7 heteroatoms. The van der Waals surface area contributed by atoms with E-state index in [2.05, 4.69) is 5.32 Å². The van der Waals surface area contributed by atoms with E-state index >= 15 is 0 Å². The molecule has 2 aromatic rings. The summed E-state index contributed by atoms with van der Waals surface area (Å²) in [5, 5.41) is 13.7. The van der Waals surface area contributed by atoms with Gasteiger partial charge in [0.15, 0.2) is 6.10 Å². The molecule has 0 heterocycles. The van der Waals surface area contributed by atoms with Gasteiger partial charge in [-0.05, 0) is 50.5 Å². The van der Waals surface area contributed by atoms with Crippen LogP contribution in [0.1, 0.15) is 40.9 Å². The van der Waals surface area contributed by atoms with Gasteiger partial charge in [0.2, 0.25) is 0 Å². The Hall–Kier alpha value is -3.22. The Morgan fingerprint density at radius 1 is 1.19 bits per heavy atom. The van der Waals surface area contributed by atoms with Crippen molar-refractivity contribution in [3.8, 4) is 0 Å². The fourth-order valence-corrected chi connectivity index (χ4v) is 2.70. The number of carbonyl (C=O) groups is 2. The van der Waals surface area contributed by atoms with E-state index in [9.17, 15) is 19.7 Å². The van der Waals surface area contributed by atoms with E-state index in [0.717, 1.165) is 23.2 Å². The number of ether oxygens (including phenoxy) is 1.